The van der Waals surface area contributed by atoms with Crippen molar-refractivity contribution in [2.75, 3.05) is 12.0 Å². The van der Waals surface area contributed by atoms with Gasteiger partial charge in [-0.3, -0.25) is 10.1 Å². The molecule has 1 rings (SSSR count). The molecule has 76 valence electrons. The van der Waals surface area contributed by atoms with E-state index in [1.54, 1.807) is 19.1 Å². The third-order valence-corrected chi connectivity index (χ3v) is 1.72. The summed E-state index contributed by atoms with van der Waals surface area (Å²) in [6.07, 6.45) is 0. The molecular formula is C9H11FN2O2. The minimum absolute atomic E-state index is 0.0310. The summed E-state index contributed by atoms with van der Waals surface area (Å²) in [5.41, 5.74) is 0.712. The predicted molar refractivity (Wildman–Crippen MR) is 52.2 cm³/mol. The first-order valence-electron chi connectivity index (χ1n) is 4.20. The Morgan fingerprint density at radius 3 is 2.50 bits per heavy atom. The van der Waals surface area contributed by atoms with Crippen molar-refractivity contribution in [2.24, 2.45) is 0 Å². The zero-order valence-corrected chi connectivity index (χ0v) is 7.74. The van der Waals surface area contributed by atoms with Gasteiger partial charge in [-0.1, -0.05) is 0 Å². The second kappa shape index (κ2) is 4.55. The van der Waals surface area contributed by atoms with Crippen LogP contribution in [0, 0.1) is 10.1 Å². The topological polar surface area (TPSA) is 55.2 Å². The number of nitrogens with zero attached hydrogens (tertiary/aromatic N) is 1. The van der Waals surface area contributed by atoms with Crippen LogP contribution in [0.4, 0.5) is 15.8 Å². The van der Waals surface area contributed by atoms with Crippen LogP contribution in [0.25, 0.3) is 0 Å². The molecule has 14 heavy (non-hydrogen) atoms. The second-order valence-electron chi connectivity index (χ2n) is 3.00. The quantitative estimate of drug-likeness (QED) is 0.596. The van der Waals surface area contributed by atoms with E-state index in [0.717, 1.165) is 0 Å². The van der Waals surface area contributed by atoms with Crippen molar-refractivity contribution >= 4 is 11.4 Å². The first-order chi connectivity index (χ1) is 6.63. The van der Waals surface area contributed by atoms with E-state index in [9.17, 15) is 14.5 Å². The van der Waals surface area contributed by atoms with Gasteiger partial charge >= 0.3 is 0 Å². The molecule has 0 bridgehead atoms. The Balaban J connectivity index is 2.68. The summed E-state index contributed by atoms with van der Waals surface area (Å²) in [7, 11) is 0. The summed E-state index contributed by atoms with van der Waals surface area (Å²) < 4.78 is 12.1. The molecule has 0 aliphatic heterocycles. The smallest absolute Gasteiger partial charge is 0.269 e. The highest BCUT2D eigenvalue weighted by Gasteiger charge is 2.05. The lowest BCUT2D eigenvalue weighted by molar-refractivity contribution is -0.384. The number of rotatable bonds is 4. The molecule has 1 aromatic rings. The van der Waals surface area contributed by atoms with Gasteiger partial charge in [-0.15, -0.1) is 0 Å². The first-order valence-corrected chi connectivity index (χ1v) is 4.20. The maximum atomic E-state index is 12.1. The number of nitro benzene ring substituents is 1. The molecule has 0 spiro atoms. The van der Waals surface area contributed by atoms with Gasteiger partial charge in [0.05, 0.1) is 11.0 Å². The molecule has 1 N–H and O–H groups in total. The number of alkyl halides is 1. The monoisotopic (exact) mass is 198 g/mol. The number of nitro groups is 1. The van der Waals surface area contributed by atoms with Gasteiger partial charge in [0.15, 0.2) is 0 Å². The Morgan fingerprint density at radius 1 is 1.50 bits per heavy atom. The number of anilines is 1. The second-order valence-corrected chi connectivity index (χ2v) is 3.00. The van der Waals surface area contributed by atoms with Gasteiger partial charge < -0.3 is 5.32 Å². The molecule has 0 radical (unpaired) electrons. The molecule has 0 aliphatic rings. The van der Waals surface area contributed by atoms with Crippen molar-refractivity contribution in [1.29, 1.82) is 0 Å². The van der Waals surface area contributed by atoms with E-state index in [0.29, 0.717) is 5.69 Å². The molecular weight excluding hydrogens is 187 g/mol. The van der Waals surface area contributed by atoms with E-state index in [1.807, 2.05) is 0 Å². The van der Waals surface area contributed by atoms with Crippen LogP contribution in [0.5, 0.6) is 0 Å². The molecule has 1 aromatic carbocycles. The SMILES string of the molecule is C[C@@H](CF)Nc1ccc([N+](=O)[O-])cc1. The van der Waals surface area contributed by atoms with Crippen LogP contribution in [-0.2, 0) is 0 Å². The Kier molecular flexibility index (Phi) is 3.39. The fraction of sp³-hybridized carbons (Fsp3) is 0.333. The normalized spacial score (nSPS) is 12.1. The molecule has 0 heterocycles. The summed E-state index contributed by atoms with van der Waals surface area (Å²) in [6.45, 7) is 1.22. The van der Waals surface area contributed by atoms with Gasteiger partial charge in [-0.05, 0) is 19.1 Å². The van der Waals surface area contributed by atoms with E-state index in [4.69, 9.17) is 0 Å². The lowest BCUT2D eigenvalue weighted by Crippen LogP contribution is -2.16. The van der Waals surface area contributed by atoms with Crippen molar-refractivity contribution in [3.8, 4) is 0 Å². The summed E-state index contributed by atoms with van der Waals surface area (Å²) in [5, 5.41) is 13.2. The van der Waals surface area contributed by atoms with E-state index in [-0.39, 0.29) is 11.7 Å². The number of benzene rings is 1. The summed E-state index contributed by atoms with van der Waals surface area (Å²) in [5.74, 6) is 0. The highest BCUT2D eigenvalue weighted by Crippen LogP contribution is 2.15. The minimum atomic E-state index is -0.475. The van der Waals surface area contributed by atoms with Crippen LogP contribution in [-0.4, -0.2) is 17.6 Å². The Morgan fingerprint density at radius 2 is 2.07 bits per heavy atom. The molecule has 5 heteroatoms. The van der Waals surface area contributed by atoms with Crippen LogP contribution in [0.3, 0.4) is 0 Å². The van der Waals surface area contributed by atoms with E-state index < -0.39 is 11.6 Å². The van der Waals surface area contributed by atoms with E-state index in [1.165, 1.54) is 12.1 Å². The fourth-order valence-electron chi connectivity index (χ4n) is 1.00. The van der Waals surface area contributed by atoms with Crippen molar-refractivity contribution < 1.29 is 9.31 Å². The maximum Gasteiger partial charge on any atom is 0.269 e. The Hall–Kier alpha value is -1.65. The third kappa shape index (κ3) is 2.69. The zero-order valence-electron chi connectivity index (χ0n) is 7.74. The summed E-state index contributed by atoms with van der Waals surface area (Å²) in [4.78, 5) is 9.85. The van der Waals surface area contributed by atoms with Gasteiger partial charge in [0.25, 0.3) is 5.69 Å². The van der Waals surface area contributed by atoms with Gasteiger partial charge in [0.2, 0.25) is 0 Å². The minimum Gasteiger partial charge on any atom is -0.380 e. The standard InChI is InChI=1S/C9H11FN2O2/c1-7(6-10)11-8-2-4-9(5-3-8)12(13)14/h2-5,7,11H,6H2,1H3/t7-/m0/s1. The van der Waals surface area contributed by atoms with E-state index in [2.05, 4.69) is 5.32 Å². The molecule has 0 aliphatic carbocycles. The van der Waals surface area contributed by atoms with Crippen LogP contribution in [0.15, 0.2) is 24.3 Å². The average Bonchev–Trinajstić information content (AvgIpc) is 2.18. The molecule has 0 aromatic heterocycles. The number of hydrogen-bond donors (Lipinski definition) is 1. The van der Waals surface area contributed by atoms with Crippen LogP contribution >= 0.6 is 0 Å². The van der Waals surface area contributed by atoms with Gasteiger partial charge in [0.1, 0.15) is 6.67 Å². The summed E-state index contributed by atoms with van der Waals surface area (Å²) in [6, 6.07) is 5.60. The van der Waals surface area contributed by atoms with Gasteiger partial charge in [-0.25, -0.2) is 4.39 Å². The van der Waals surface area contributed by atoms with Gasteiger partial charge in [0, 0.05) is 17.8 Å². The molecule has 0 saturated heterocycles. The Labute approximate surface area is 80.9 Å². The first kappa shape index (κ1) is 10.4. The van der Waals surface area contributed by atoms with Crippen molar-refractivity contribution in [3.63, 3.8) is 0 Å². The highest BCUT2D eigenvalue weighted by atomic mass is 19.1. The lowest BCUT2D eigenvalue weighted by atomic mass is 10.2. The third-order valence-electron chi connectivity index (χ3n) is 1.72. The molecule has 1 atom stereocenters. The molecule has 0 fully saturated rings. The largest absolute Gasteiger partial charge is 0.380 e. The van der Waals surface area contributed by atoms with Crippen molar-refractivity contribution in [3.05, 3.63) is 34.4 Å². The molecule has 0 amide bonds. The number of hydrogen-bond acceptors (Lipinski definition) is 3. The highest BCUT2D eigenvalue weighted by molar-refractivity contribution is 5.48. The van der Waals surface area contributed by atoms with E-state index >= 15 is 0 Å². The van der Waals surface area contributed by atoms with Crippen molar-refractivity contribution in [2.45, 2.75) is 13.0 Å². The van der Waals surface area contributed by atoms with Gasteiger partial charge in [-0.2, -0.15) is 0 Å². The lowest BCUT2D eigenvalue weighted by Gasteiger charge is -2.10. The molecule has 4 nitrogen and oxygen atoms in total. The van der Waals surface area contributed by atoms with Crippen molar-refractivity contribution in [1.82, 2.24) is 0 Å². The average molecular weight is 198 g/mol. The maximum absolute atomic E-state index is 12.1. The number of non-ortho nitro benzene ring substituents is 1. The molecule has 0 unspecified atom stereocenters. The zero-order chi connectivity index (χ0) is 10.6. The number of nitrogens with one attached hydrogen (secondary N) is 1. The fourth-order valence-corrected chi connectivity index (χ4v) is 1.00. The van der Waals surface area contributed by atoms with Crippen LogP contribution < -0.4 is 5.32 Å². The molecule has 0 saturated carbocycles. The summed E-state index contributed by atoms with van der Waals surface area (Å²) >= 11 is 0. The Bertz CT molecular complexity index is 313. The van der Waals surface area contributed by atoms with Crippen LogP contribution in [0.1, 0.15) is 6.92 Å². The van der Waals surface area contributed by atoms with Crippen LogP contribution in [0.2, 0.25) is 0 Å². The predicted octanol–water partition coefficient (Wildman–Crippen LogP) is 2.36. The number of halogens is 1.